The van der Waals surface area contributed by atoms with E-state index in [1.807, 2.05) is 16.8 Å². The number of aryl methyl sites for hydroxylation is 1. The van der Waals surface area contributed by atoms with E-state index in [-0.39, 0.29) is 12.5 Å². The van der Waals surface area contributed by atoms with Crippen molar-refractivity contribution in [2.24, 2.45) is 0 Å². The molecule has 3 aromatic rings. The van der Waals surface area contributed by atoms with Crippen molar-refractivity contribution in [3.63, 3.8) is 0 Å². The Morgan fingerprint density at radius 2 is 2.11 bits per heavy atom. The Morgan fingerprint density at radius 1 is 1.25 bits per heavy atom. The summed E-state index contributed by atoms with van der Waals surface area (Å²) in [5.74, 6) is 1.25. The zero-order chi connectivity index (χ0) is 19.7. The monoisotopic (exact) mass is 381 g/mol. The molecule has 0 bridgehead atoms. The van der Waals surface area contributed by atoms with Crippen LogP contribution in [-0.2, 0) is 24.3 Å². The molecule has 0 radical (unpaired) electrons. The maximum atomic E-state index is 12.6. The smallest absolute Gasteiger partial charge is 0.328 e. The number of carbonyl (C=O) groups excluding carboxylic acids is 1. The number of hydrogen-bond donors (Lipinski definition) is 1. The second-order valence-electron chi connectivity index (χ2n) is 6.65. The summed E-state index contributed by atoms with van der Waals surface area (Å²) >= 11 is 0. The van der Waals surface area contributed by atoms with E-state index in [4.69, 9.17) is 0 Å². The summed E-state index contributed by atoms with van der Waals surface area (Å²) in [6.07, 6.45) is 5.39. The van der Waals surface area contributed by atoms with Gasteiger partial charge in [-0.2, -0.15) is 5.10 Å². The van der Waals surface area contributed by atoms with Crippen molar-refractivity contribution < 1.29 is 4.79 Å². The van der Waals surface area contributed by atoms with Gasteiger partial charge in [0.25, 0.3) is 5.56 Å². The number of aromatic nitrogens is 6. The molecule has 28 heavy (non-hydrogen) atoms. The molecule has 10 nitrogen and oxygen atoms in total. The van der Waals surface area contributed by atoms with Crippen molar-refractivity contribution in [2.75, 3.05) is 13.1 Å². The summed E-state index contributed by atoms with van der Waals surface area (Å²) in [5, 5.41) is 4.53. The molecule has 3 aromatic heterocycles. The fraction of sp³-hybridized carbons (Fsp3) is 0.333. The number of carbonyl (C=O) groups is 1. The van der Waals surface area contributed by atoms with Crippen LogP contribution in [0, 0.1) is 6.92 Å². The number of aromatic amines is 1. The Kier molecular flexibility index (Phi) is 4.60. The summed E-state index contributed by atoms with van der Waals surface area (Å²) in [7, 11) is 0. The number of hydrogen-bond acceptors (Lipinski definition) is 6. The second kappa shape index (κ2) is 7.22. The Labute approximate surface area is 159 Å². The molecule has 0 saturated heterocycles. The Bertz CT molecular complexity index is 1100. The lowest BCUT2D eigenvalue weighted by molar-refractivity contribution is -0.131. The third kappa shape index (κ3) is 3.48. The van der Waals surface area contributed by atoms with Gasteiger partial charge in [-0.05, 0) is 19.1 Å². The van der Waals surface area contributed by atoms with E-state index < -0.39 is 11.2 Å². The summed E-state index contributed by atoms with van der Waals surface area (Å²) in [6.45, 7) is 2.95. The SMILES string of the molecule is Cc1cn(CC(=O)N2CCc3nc(-c4cccnc4)nn3CC2)c(=O)[nH]c1=O. The summed E-state index contributed by atoms with van der Waals surface area (Å²) in [6, 6.07) is 3.74. The molecule has 0 saturated carbocycles. The van der Waals surface area contributed by atoms with Gasteiger partial charge in [-0.1, -0.05) is 0 Å². The van der Waals surface area contributed by atoms with Crippen LogP contribution in [0.3, 0.4) is 0 Å². The van der Waals surface area contributed by atoms with Crippen LogP contribution in [0.2, 0.25) is 0 Å². The molecule has 0 fully saturated rings. The van der Waals surface area contributed by atoms with Gasteiger partial charge in [0, 0.05) is 49.2 Å². The quantitative estimate of drug-likeness (QED) is 0.658. The van der Waals surface area contributed by atoms with Crippen molar-refractivity contribution >= 4 is 5.91 Å². The highest BCUT2D eigenvalue weighted by molar-refractivity contribution is 5.76. The molecule has 1 aliphatic heterocycles. The van der Waals surface area contributed by atoms with E-state index in [1.54, 1.807) is 24.2 Å². The minimum absolute atomic E-state index is 0.118. The van der Waals surface area contributed by atoms with E-state index in [1.165, 1.54) is 10.8 Å². The first kappa shape index (κ1) is 17.8. The molecule has 4 heterocycles. The first-order chi connectivity index (χ1) is 13.5. The summed E-state index contributed by atoms with van der Waals surface area (Å²) in [5.41, 5.74) is 0.207. The van der Waals surface area contributed by atoms with E-state index >= 15 is 0 Å². The fourth-order valence-corrected chi connectivity index (χ4v) is 3.15. The van der Waals surface area contributed by atoms with E-state index in [9.17, 15) is 14.4 Å². The number of fused-ring (bicyclic) bond motifs is 1. The maximum Gasteiger partial charge on any atom is 0.328 e. The minimum Gasteiger partial charge on any atom is -0.339 e. The number of H-pyrrole nitrogens is 1. The molecule has 10 heteroatoms. The molecular weight excluding hydrogens is 362 g/mol. The van der Waals surface area contributed by atoms with E-state index in [2.05, 4.69) is 20.1 Å². The highest BCUT2D eigenvalue weighted by atomic mass is 16.2. The van der Waals surface area contributed by atoms with Crippen molar-refractivity contribution in [2.45, 2.75) is 26.4 Å². The van der Waals surface area contributed by atoms with Crippen LogP contribution in [0.15, 0.2) is 40.3 Å². The molecule has 1 amide bonds. The molecule has 144 valence electrons. The summed E-state index contributed by atoms with van der Waals surface area (Å²) in [4.78, 5) is 48.6. The fourth-order valence-electron chi connectivity index (χ4n) is 3.15. The van der Waals surface area contributed by atoms with Crippen LogP contribution in [0.4, 0.5) is 0 Å². The van der Waals surface area contributed by atoms with Gasteiger partial charge in [-0.3, -0.25) is 24.1 Å². The van der Waals surface area contributed by atoms with Gasteiger partial charge in [-0.25, -0.2) is 14.5 Å². The maximum absolute atomic E-state index is 12.6. The Hall–Kier alpha value is -3.56. The standard InChI is InChI=1S/C18H19N7O3/c1-12-10-24(18(28)21-17(12)27)11-15(26)23-6-4-14-20-16(22-25(14)8-7-23)13-3-2-5-19-9-13/h2-3,5,9-10H,4,6-8,11H2,1H3,(H,21,27,28). The normalized spacial score (nSPS) is 13.8. The zero-order valence-electron chi connectivity index (χ0n) is 15.3. The average Bonchev–Trinajstić information content (AvgIpc) is 2.99. The van der Waals surface area contributed by atoms with Gasteiger partial charge in [0.15, 0.2) is 5.82 Å². The number of amides is 1. The van der Waals surface area contributed by atoms with Crippen LogP contribution in [0.5, 0.6) is 0 Å². The molecule has 4 rings (SSSR count). The molecule has 0 aromatic carbocycles. The molecule has 1 N–H and O–H groups in total. The second-order valence-corrected chi connectivity index (χ2v) is 6.65. The predicted octanol–water partition coefficient (Wildman–Crippen LogP) is -0.417. The van der Waals surface area contributed by atoms with Crippen molar-refractivity contribution in [1.82, 2.24) is 34.2 Å². The molecule has 0 atom stereocenters. The lowest BCUT2D eigenvalue weighted by atomic mass is 10.3. The van der Waals surface area contributed by atoms with Gasteiger partial charge < -0.3 is 4.90 Å². The molecule has 0 aliphatic carbocycles. The van der Waals surface area contributed by atoms with E-state index in [0.717, 1.165) is 11.4 Å². The van der Waals surface area contributed by atoms with Gasteiger partial charge in [0.05, 0.1) is 6.54 Å². The number of pyridine rings is 1. The van der Waals surface area contributed by atoms with Gasteiger partial charge >= 0.3 is 5.69 Å². The number of rotatable bonds is 3. The minimum atomic E-state index is -0.588. The Balaban J connectivity index is 1.46. The van der Waals surface area contributed by atoms with Crippen molar-refractivity contribution in [3.8, 4) is 11.4 Å². The van der Waals surface area contributed by atoms with E-state index in [0.29, 0.717) is 37.4 Å². The van der Waals surface area contributed by atoms with Crippen LogP contribution in [0.25, 0.3) is 11.4 Å². The largest absolute Gasteiger partial charge is 0.339 e. The van der Waals surface area contributed by atoms with Gasteiger partial charge in [0.1, 0.15) is 12.4 Å². The average molecular weight is 381 g/mol. The first-order valence-electron chi connectivity index (χ1n) is 8.93. The van der Waals surface area contributed by atoms with Crippen LogP contribution in [0.1, 0.15) is 11.4 Å². The third-order valence-corrected chi connectivity index (χ3v) is 4.70. The van der Waals surface area contributed by atoms with Gasteiger partial charge in [-0.15, -0.1) is 0 Å². The molecule has 0 unspecified atom stereocenters. The van der Waals surface area contributed by atoms with Crippen molar-refractivity contribution in [3.05, 3.63) is 62.9 Å². The Morgan fingerprint density at radius 3 is 2.89 bits per heavy atom. The topological polar surface area (TPSA) is 119 Å². The van der Waals surface area contributed by atoms with Crippen LogP contribution < -0.4 is 11.2 Å². The first-order valence-corrected chi connectivity index (χ1v) is 8.93. The van der Waals surface area contributed by atoms with Crippen LogP contribution >= 0.6 is 0 Å². The highest BCUT2D eigenvalue weighted by Gasteiger charge is 2.22. The van der Waals surface area contributed by atoms with Gasteiger partial charge in [0.2, 0.25) is 5.91 Å². The van der Waals surface area contributed by atoms with Crippen molar-refractivity contribution in [1.29, 1.82) is 0 Å². The lowest BCUT2D eigenvalue weighted by Crippen LogP contribution is -2.40. The lowest BCUT2D eigenvalue weighted by Gasteiger charge is -2.20. The zero-order valence-corrected chi connectivity index (χ0v) is 15.3. The number of nitrogens with zero attached hydrogens (tertiary/aromatic N) is 6. The highest BCUT2D eigenvalue weighted by Crippen LogP contribution is 2.16. The predicted molar refractivity (Wildman–Crippen MR) is 99.6 cm³/mol. The third-order valence-electron chi connectivity index (χ3n) is 4.70. The molecule has 0 spiro atoms. The van der Waals surface area contributed by atoms with Crippen LogP contribution in [-0.4, -0.2) is 53.2 Å². The molecular formula is C18H19N7O3. The summed E-state index contributed by atoms with van der Waals surface area (Å²) < 4.78 is 3.03. The number of nitrogens with one attached hydrogen (secondary N) is 1. The molecule has 1 aliphatic rings.